The van der Waals surface area contributed by atoms with Crippen LogP contribution in [-0.2, 0) is 10.8 Å². The fourth-order valence-corrected chi connectivity index (χ4v) is 22.7. The normalized spacial score (nSPS) is 12.5. The summed E-state index contributed by atoms with van der Waals surface area (Å²) in [6.07, 6.45) is 0. The first-order valence-electron chi connectivity index (χ1n) is 49.3. The molecule has 0 bridgehead atoms. The molecule has 2 aliphatic carbocycles. The average molecular weight is 1810 g/mol. The second kappa shape index (κ2) is 35.9. The highest BCUT2D eigenvalue weighted by Gasteiger charge is 2.39. The summed E-state index contributed by atoms with van der Waals surface area (Å²) in [6.45, 7) is 9.47. The number of nitrogens with zero attached hydrogens (tertiary/aromatic N) is 4. The van der Waals surface area contributed by atoms with E-state index in [2.05, 4.69) is 581 Å². The zero-order valence-corrected chi connectivity index (χ0v) is 79.6. The minimum absolute atomic E-state index is 0.128. The SMILES string of the molecule is CC1(C)c2ccccc2-c2ccc(N(c3ccc(N(c4ccccc4)c4ccc(-c5c6ccccc6c(-c6ccccc6)c6ccccc56)cc4)cc3)c3ccc4c(c3)C(C)(C)c3ccccc3-4)cc21.c1ccc(-c2c3ccccc3c(-c3ccc(N(c4ccccc4)c4ccc(N(c5ccc(-c6ccc7ccccc7c6)cc5)c5ccc(-c6ccc7ccccc7c6)cc5)cc4)cc3)c3ccccc23)cc1. The Labute approximate surface area is 830 Å². The Hall–Kier alpha value is -18.0. The number of anilines is 12. The van der Waals surface area contributed by atoms with Crippen molar-refractivity contribution in [2.45, 2.75) is 38.5 Å². The first-order valence-corrected chi connectivity index (χ1v) is 49.3. The van der Waals surface area contributed by atoms with Crippen LogP contribution in [0.5, 0.6) is 0 Å². The lowest BCUT2D eigenvalue weighted by Gasteiger charge is -2.30. The van der Waals surface area contributed by atoms with Gasteiger partial charge in [-0.15, -0.1) is 0 Å². The molecular formula is C138H100N4. The van der Waals surface area contributed by atoms with Crippen molar-refractivity contribution in [1.29, 1.82) is 0 Å². The van der Waals surface area contributed by atoms with Gasteiger partial charge in [0.25, 0.3) is 0 Å². The molecule has 0 N–H and O–H groups in total. The number of para-hydroxylation sites is 2. The molecule has 0 saturated heterocycles. The summed E-state index contributed by atoms with van der Waals surface area (Å²) in [5, 5.41) is 15.0. The lowest BCUT2D eigenvalue weighted by Crippen LogP contribution is -2.18. The Morgan fingerprint density at radius 1 is 0.127 bits per heavy atom. The first-order chi connectivity index (χ1) is 69.9. The van der Waals surface area contributed by atoms with E-state index in [1.165, 1.54) is 176 Å². The summed E-state index contributed by atoms with van der Waals surface area (Å²) in [5.41, 5.74) is 38.3. The lowest BCUT2D eigenvalue weighted by molar-refractivity contribution is 0.660. The summed E-state index contributed by atoms with van der Waals surface area (Å²) in [7, 11) is 0. The quantitative estimate of drug-likeness (QED) is 0.0794. The highest BCUT2D eigenvalue weighted by molar-refractivity contribution is 6.23. The molecule has 0 radical (unpaired) electrons. The van der Waals surface area contributed by atoms with Crippen molar-refractivity contribution in [1.82, 2.24) is 0 Å². The van der Waals surface area contributed by atoms with Gasteiger partial charge in [-0.25, -0.2) is 0 Å². The van der Waals surface area contributed by atoms with Gasteiger partial charge in [-0.1, -0.05) is 404 Å². The van der Waals surface area contributed by atoms with Gasteiger partial charge in [0, 0.05) is 79.1 Å². The highest BCUT2D eigenvalue weighted by atomic mass is 15.2. The number of rotatable bonds is 18. The second-order valence-corrected chi connectivity index (χ2v) is 38.6. The fourth-order valence-electron chi connectivity index (χ4n) is 22.7. The number of hydrogen-bond acceptors (Lipinski definition) is 4. The topological polar surface area (TPSA) is 13.0 Å². The van der Waals surface area contributed by atoms with Crippen LogP contribution in [0, 0.1) is 0 Å². The van der Waals surface area contributed by atoms with Crippen molar-refractivity contribution in [3.63, 3.8) is 0 Å². The third-order valence-electron chi connectivity index (χ3n) is 29.6. The van der Waals surface area contributed by atoms with Gasteiger partial charge in [0.05, 0.1) is 0 Å². The smallest absolute Gasteiger partial charge is 0.0465 e. The standard InChI is InChI=1S/C70H48N2.C68H52N2/c1-3-17-53(18-4-1)69-65-23-11-13-25-67(65)70(68-26-14-12-24-66(68)69)54-35-41-62(42-36-54)71(59-21-5-2-6-22-59)63-43-45-64(46-44-63)72(60-37-31-51(32-38-60)57-29-27-49-15-7-9-19-55(49)47-57)61-39-33-52(34-40-61)58-30-28-50-16-8-10-20-56(50)48-58;1-67(2)61-29-17-15-23-53(61)55-41-39-51(43-63(55)67)70(52-40-42-56-54-24-16-18-30-62(54)68(3,4)64(56)44-52)50-37-35-49(36-38-50)69(47-21-9-6-10-22-47)48-33-31-46(32-34-48)66-59-27-13-11-25-57(59)65(45-19-7-5-8-20-45)58-26-12-14-28-60(58)66/h1-48H;5-44H,1-4H3. The maximum absolute atomic E-state index is 2.46. The van der Waals surface area contributed by atoms with E-state index in [1.807, 2.05) is 0 Å². The largest absolute Gasteiger partial charge is 0.311 e. The molecule has 24 aromatic carbocycles. The van der Waals surface area contributed by atoms with Crippen LogP contribution < -0.4 is 19.6 Å². The third-order valence-corrected chi connectivity index (χ3v) is 29.6. The van der Waals surface area contributed by atoms with Crippen LogP contribution in [0.3, 0.4) is 0 Å². The van der Waals surface area contributed by atoms with Crippen molar-refractivity contribution in [2.24, 2.45) is 0 Å². The summed E-state index contributed by atoms with van der Waals surface area (Å²) in [5.74, 6) is 0. The monoisotopic (exact) mass is 1810 g/mol. The third kappa shape index (κ3) is 15.3. The van der Waals surface area contributed by atoms with Gasteiger partial charge < -0.3 is 19.6 Å². The van der Waals surface area contributed by atoms with E-state index in [0.717, 1.165) is 68.2 Å². The van der Waals surface area contributed by atoms with Crippen LogP contribution in [0.15, 0.2) is 534 Å². The van der Waals surface area contributed by atoms with E-state index in [1.54, 1.807) is 0 Å². The Morgan fingerprint density at radius 2 is 0.324 bits per heavy atom. The predicted molar refractivity (Wildman–Crippen MR) is 604 cm³/mol. The molecule has 0 saturated carbocycles. The van der Waals surface area contributed by atoms with Crippen LogP contribution in [0.25, 0.3) is 154 Å². The van der Waals surface area contributed by atoms with Crippen LogP contribution >= 0.6 is 0 Å². The average Bonchev–Trinajstić information content (AvgIpc) is 1.68. The minimum Gasteiger partial charge on any atom is -0.311 e. The summed E-state index contributed by atoms with van der Waals surface area (Å²) in [6, 6.07) is 196. The molecule has 0 atom stereocenters. The minimum atomic E-state index is -0.128. The Bertz CT molecular complexity index is 8560. The van der Waals surface area contributed by atoms with Gasteiger partial charge in [-0.2, -0.15) is 0 Å². The molecule has 2 aliphatic rings. The maximum Gasteiger partial charge on any atom is 0.0465 e. The molecule has 142 heavy (non-hydrogen) atoms. The van der Waals surface area contributed by atoms with Crippen LogP contribution in [0.4, 0.5) is 68.2 Å². The Kier molecular flexibility index (Phi) is 21.6. The number of benzene rings is 24. The Balaban J connectivity index is 0.000000149. The van der Waals surface area contributed by atoms with Crippen LogP contribution in [0.2, 0.25) is 0 Å². The van der Waals surface area contributed by atoms with E-state index in [-0.39, 0.29) is 10.8 Å². The van der Waals surface area contributed by atoms with Crippen molar-refractivity contribution in [2.75, 3.05) is 19.6 Å². The first kappa shape index (κ1) is 85.7. The molecule has 26 rings (SSSR count). The zero-order chi connectivity index (χ0) is 94.9. The molecule has 0 unspecified atom stereocenters. The maximum atomic E-state index is 2.46. The summed E-state index contributed by atoms with van der Waals surface area (Å²) in [4.78, 5) is 9.54. The molecule has 0 fully saturated rings. The highest BCUT2D eigenvalue weighted by Crippen LogP contribution is 2.56. The van der Waals surface area contributed by atoms with Gasteiger partial charge in [0.15, 0.2) is 0 Å². The Morgan fingerprint density at radius 3 is 0.620 bits per heavy atom. The van der Waals surface area contributed by atoms with Crippen LogP contribution in [-0.4, -0.2) is 0 Å². The summed E-state index contributed by atoms with van der Waals surface area (Å²) < 4.78 is 0. The molecule has 0 heterocycles. The lowest BCUT2D eigenvalue weighted by atomic mass is 9.82. The van der Waals surface area contributed by atoms with Crippen molar-refractivity contribution < 1.29 is 0 Å². The van der Waals surface area contributed by atoms with Gasteiger partial charge in [0.1, 0.15) is 0 Å². The van der Waals surface area contributed by atoms with Gasteiger partial charge in [0.2, 0.25) is 0 Å². The van der Waals surface area contributed by atoms with E-state index in [4.69, 9.17) is 0 Å². The molecule has 0 aromatic heterocycles. The van der Waals surface area contributed by atoms with Crippen LogP contribution in [0.1, 0.15) is 49.9 Å². The van der Waals surface area contributed by atoms with Gasteiger partial charge in [-0.05, 0) is 334 Å². The fraction of sp³-hybridized carbons (Fsp3) is 0.0435. The van der Waals surface area contributed by atoms with Gasteiger partial charge >= 0.3 is 0 Å². The molecule has 24 aromatic rings. The van der Waals surface area contributed by atoms with Crippen molar-refractivity contribution in [3.8, 4) is 89.0 Å². The van der Waals surface area contributed by atoms with E-state index in [9.17, 15) is 0 Å². The van der Waals surface area contributed by atoms with E-state index in [0.29, 0.717) is 0 Å². The van der Waals surface area contributed by atoms with Crippen molar-refractivity contribution in [3.05, 3.63) is 556 Å². The van der Waals surface area contributed by atoms with Gasteiger partial charge in [-0.3, -0.25) is 0 Å². The van der Waals surface area contributed by atoms with E-state index >= 15 is 0 Å². The predicted octanol–water partition coefficient (Wildman–Crippen LogP) is 38.8. The second-order valence-electron chi connectivity index (χ2n) is 38.6. The molecule has 4 nitrogen and oxygen atoms in total. The molecule has 0 amide bonds. The zero-order valence-electron chi connectivity index (χ0n) is 79.6. The number of fused-ring (bicyclic) bond motifs is 12. The molecular weight excluding hydrogens is 1710 g/mol. The molecule has 0 spiro atoms. The molecule has 672 valence electrons. The van der Waals surface area contributed by atoms with E-state index < -0.39 is 0 Å². The molecule has 4 heteroatoms. The molecule has 0 aliphatic heterocycles. The summed E-state index contributed by atoms with van der Waals surface area (Å²) >= 11 is 0. The number of hydrogen-bond donors (Lipinski definition) is 0. The van der Waals surface area contributed by atoms with Crippen molar-refractivity contribution >= 4 is 133 Å².